The van der Waals surface area contributed by atoms with Crippen LogP contribution in [0, 0.1) is 0 Å². The quantitative estimate of drug-likeness (QED) is 0.763. The Morgan fingerprint density at radius 3 is 2.17 bits per heavy atom. The van der Waals surface area contributed by atoms with Gasteiger partial charge in [-0.25, -0.2) is 9.59 Å². The van der Waals surface area contributed by atoms with Crippen LogP contribution in [0.1, 0.15) is 6.92 Å². The van der Waals surface area contributed by atoms with Gasteiger partial charge in [-0.3, -0.25) is 0 Å². The molecule has 1 aliphatic heterocycles. The van der Waals surface area contributed by atoms with Crippen molar-refractivity contribution >= 4 is 12.0 Å². The Balaban J connectivity index is 2.78. The van der Waals surface area contributed by atoms with E-state index in [4.69, 9.17) is 9.84 Å². The van der Waals surface area contributed by atoms with E-state index in [1.54, 1.807) is 0 Å². The van der Waals surface area contributed by atoms with Gasteiger partial charge in [0.05, 0.1) is 13.2 Å². The highest BCUT2D eigenvalue weighted by Crippen LogP contribution is 2.30. The summed E-state index contributed by atoms with van der Waals surface area (Å²) in [7, 11) is 0. The number of hydrogen-bond donors (Lipinski definition) is 2. The van der Waals surface area contributed by atoms with Gasteiger partial charge >= 0.3 is 18.2 Å². The molecule has 9 heteroatoms. The molecule has 1 atom stereocenters. The maximum absolute atomic E-state index is 12.6. The van der Waals surface area contributed by atoms with Gasteiger partial charge in [-0.2, -0.15) is 13.2 Å². The summed E-state index contributed by atoms with van der Waals surface area (Å²) >= 11 is 0. The Morgan fingerprint density at radius 2 is 1.78 bits per heavy atom. The number of nitrogens with zero attached hydrogens (tertiary/aromatic N) is 1. The molecule has 1 heterocycles. The van der Waals surface area contributed by atoms with Crippen LogP contribution < -0.4 is 5.32 Å². The van der Waals surface area contributed by atoms with Crippen molar-refractivity contribution in [2.45, 2.75) is 18.6 Å². The van der Waals surface area contributed by atoms with Gasteiger partial charge in [0, 0.05) is 13.1 Å². The summed E-state index contributed by atoms with van der Waals surface area (Å²) in [6.45, 7) is 1.08. The summed E-state index contributed by atoms with van der Waals surface area (Å²) in [5.74, 6) is -2.16. The van der Waals surface area contributed by atoms with Gasteiger partial charge in [0.1, 0.15) is 0 Å². The van der Waals surface area contributed by atoms with Crippen LogP contribution in [0.2, 0.25) is 0 Å². The van der Waals surface area contributed by atoms with Crippen LogP contribution >= 0.6 is 0 Å². The largest absolute Gasteiger partial charge is 0.479 e. The molecule has 1 rings (SSSR count). The molecule has 0 spiro atoms. The fourth-order valence-corrected chi connectivity index (χ4v) is 1.30. The van der Waals surface area contributed by atoms with Gasteiger partial charge in [-0.05, 0) is 6.92 Å². The molecule has 0 aromatic heterocycles. The molecule has 0 saturated carbocycles. The molecule has 6 nitrogen and oxygen atoms in total. The molecule has 0 aliphatic carbocycles. The Labute approximate surface area is 101 Å². The first kappa shape index (κ1) is 14.6. The number of hydrogen-bond acceptors (Lipinski definition) is 3. The van der Waals surface area contributed by atoms with Crippen LogP contribution in [0.4, 0.5) is 18.0 Å². The van der Waals surface area contributed by atoms with Gasteiger partial charge in [-0.15, -0.1) is 0 Å². The number of rotatable bonds is 2. The summed E-state index contributed by atoms with van der Waals surface area (Å²) in [6, 6.07) is -1.07. The number of carbonyl (C=O) groups excluding carboxylic acids is 1. The van der Waals surface area contributed by atoms with E-state index in [2.05, 4.69) is 0 Å². The Kier molecular flexibility index (Phi) is 4.05. The zero-order valence-corrected chi connectivity index (χ0v) is 9.58. The Bertz CT molecular complexity index is 341. The molecule has 2 amide bonds. The third-order valence-corrected chi connectivity index (χ3v) is 2.65. The number of amides is 2. The lowest BCUT2D eigenvalue weighted by Crippen LogP contribution is -2.64. The van der Waals surface area contributed by atoms with Crippen LogP contribution in [0.25, 0.3) is 0 Å². The number of urea groups is 1. The Hall–Kier alpha value is -1.51. The number of ether oxygens (including phenoxy) is 1. The predicted molar refractivity (Wildman–Crippen MR) is 53.0 cm³/mol. The van der Waals surface area contributed by atoms with Crippen molar-refractivity contribution in [1.82, 2.24) is 10.2 Å². The fourth-order valence-electron chi connectivity index (χ4n) is 1.30. The summed E-state index contributed by atoms with van der Waals surface area (Å²) in [6.07, 6.45) is -5.08. The van der Waals surface area contributed by atoms with Crippen LogP contribution in [0.3, 0.4) is 0 Å². The highest BCUT2D eigenvalue weighted by Gasteiger charge is 2.58. The highest BCUT2D eigenvalue weighted by atomic mass is 19.4. The van der Waals surface area contributed by atoms with Crippen molar-refractivity contribution in [1.29, 1.82) is 0 Å². The molecule has 1 unspecified atom stereocenters. The number of carbonyl (C=O) groups is 2. The number of aliphatic carboxylic acids is 1. The monoisotopic (exact) mass is 270 g/mol. The van der Waals surface area contributed by atoms with E-state index in [0.717, 1.165) is 4.90 Å². The second-order valence-electron chi connectivity index (χ2n) is 3.96. The van der Waals surface area contributed by atoms with E-state index in [9.17, 15) is 22.8 Å². The minimum Gasteiger partial charge on any atom is -0.479 e. The maximum Gasteiger partial charge on any atom is 0.422 e. The molecule has 0 aromatic carbocycles. The van der Waals surface area contributed by atoms with Gasteiger partial charge in [0.2, 0.25) is 5.54 Å². The van der Waals surface area contributed by atoms with Crippen molar-refractivity contribution in [3.8, 4) is 0 Å². The predicted octanol–water partition coefficient (Wildman–Crippen LogP) is 0.434. The normalized spacial score (nSPS) is 20.1. The number of morpholine rings is 1. The zero-order chi connectivity index (χ0) is 14.0. The number of nitrogens with one attached hydrogen (secondary N) is 1. The SMILES string of the molecule is CC(NC(=O)N1CCOCC1)(C(=O)O)C(F)(F)F. The van der Waals surface area contributed by atoms with E-state index >= 15 is 0 Å². The van der Waals surface area contributed by atoms with E-state index in [-0.39, 0.29) is 26.3 Å². The van der Waals surface area contributed by atoms with Gasteiger partial charge in [-0.1, -0.05) is 0 Å². The minimum absolute atomic E-state index is 0.124. The van der Waals surface area contributed by atoms with Crippen LogP contribution in [-0.2, 0) is 9.53 Å². The molecule has 2 N–H and O–H groups in total. The maximum atomic E-state index is 12.6. The van der Waals surface area contributed by atoms with Crippen molar-refractivity contribution in [3.05, 3.63) is 0 Å². The van der Waals surface area contributed by atoms with Gasteiger partial charge in [0.25, 0.3) is 0 Å². The molecule has 18 heavy (non-hydrogen) atoms. The van der Waals surface area contributed by atoms with E-state index in [1.807, 2.05) is 0 Å². The lowest BCUT2D eigenvalue weighted by molar-refractivity contribution is -0.203. The smallest absolute Gasteiger partial charge is 0.422 e. The number of halogens is 3. The summed E-state index contributed by atoms with van der Waals surface area (Å²) in [4.78, 5) is 23.3. The molecule has 104 valence electrons. The van der Waals surface area contributed by atoms with Gasteiger partial charge < -0.3 is 20.1 Å². The molecule has 0 bridgehead atoms. The summed E-state index contributed by atoms with van der Waals surface area (Å²) in [5.41, 5.74) is -3.30. The standard InChI is InChI=1S/C9H13F3N2O4/c1-8(6(15)16,9(10,11)12)13-7(17)14-2-4-18-5-3-14/h2-5H2,1H3,(H,13,17)(H,15,16). The molecule has 1 aliphatic rings. The molecule has 1 saturated heterocycles. The third kappa shape index (κ3) is 2.84. The third-order valence-electron chi connectivity index (χ3n) is 2.65. The van der Waals surface area contributed by atoms with Crippen molar-refractivity contribution in [2.75, 3.05) is 26.3 Å². The summed E-state index contributed by atoms with van der Waals surface area (Å²) in [5, 5.41) is 10.1. The molecular formula is C9H13F3N2O4. The van der Waals surface area contributed by atoms with Crippen LogP contribution in [-0.4, -0.2) is 60.0 Å². The lowest BCUT2D eigenvalue weighted by atomic mass is 10.0. The van der Waals surface area contributed by atoms with Gasteiger partial charge in [0.15, 0.2) is 0 Å². The van der Waals surface area contributed by atoms with E-state index < -0.39 is 23.7 Å². The summed E-state index contributed by atoms with van der Waals surface area (Å²) < 4.78 is 42.9. The molecule has 0 radical (unpaired) electrons. The molecule has 0 aromatic rings. The Morgan fingerprint density at radius 1 is 1.28 bits per heavy atom. The fraction of sp³-hybridized carbons (Fsp3) is 0.778. The number of carboxylic acid groups (broad SMARTS) is 1. The number of carboxylic acids is 1. The average Bonchev–Trinajstić information content (AvgIpc) is 2.28. The number of alkyl halides is 3. The van der Waals surface area contributed by atoms with Crippen molar-refractivity contribution in [2.24, 2.45) is 0 Å². The molecule has 1 fully saturated rings. The van der Waals surface area contributed by atoms with Crippen molar-refractivity contribution < 1.29 is 32.6 Å². The van der Waals surface area contributed by atoms with Crippen molar-refractivity contribution in [3.63, 3.8) is 0 Å². The van der Waals surface area contributed by atoms with Crippen LogP contribution in [0.15, 0.2) is 0 Å². The first-order valence-electron chi connectivity index (χ1n) is 5.13. The first-order chi connectivity index (χ1) is 8.18. The topological polar surface area (TPSA) is 78.9 Å². The zero-order valence-electron chi connectivity index (χ0n) is 9.58. The van der Waals surface area contributed by atoms with E-state index in [1.165, 1.54) is 5.32 Å². The second-order valence-corrected chi connectivity index (χ2v) is 3.96. The first-order valence-corrected chi connectivity index (χ1v) is 5.13. The lowest BCUT2D eigenvalue weighted by Gasteiger charge is -2.33. The second kappa shape index (κ2) is 5.01. The minimum atomic E-state index is -5.08. The highest BCUT2D eigenvalue weighted by molar-refractivity contribution is 5.86. The average molecular weight is 270 g/mol. The van der Waals surface area contributed by atoms with Crippen LogP contribution in [0.5, 0.6) is 0 Å². The van der Waals surface area contributed by atoms with E-state index in [0.29, 0.717) is 6.92 Å². The molecular weight excluding hydrogens is 257 g/mol.